The molecule has 0 aliphatic rings. The van der Waals surface area contributed by atoms with E-state index in [-0.39, 0.29) is 5.97 Å². The van der Waals surface area contributed by atoms with E-state index in [1.54, 1.807) is 6.92 Å². The zero-order chi connectivity index (χ0) is 15.6. The Morgan fingerprint density at radius 3 is 2.40 bits per heavy atom. The molecule has 1 amide bonds. The van der Waals surface area contributed by atoms with E-state index in [1.165, 1.54) is 0 Å². The van der Waals surface area contributed by atoms with Gasteiger partial charge in [0.1, 0.15) is 5.60 Å². The number of esters is 1. The lowest BCUT2D eigenvalue weighted by Crippen LogP contribution is -2.32. The summed E-state index contributed by atoms with van der Waals surface area (Å²) in [5, 5.41) is 2.68. The Morgan fingerprint density at radius 2 is 1.85 bits per heavy atom. The van der Waals surface area contributed by atoms with Gasteiger partial charge in [0.05, 0.1) is 6.61 Å². The van der Waals surface area contributed by atoms with Crippen molar-refractivity contribution >= 4 is 12.1 Å². The highest BCUT2D eigenvalue weighted by Crippen LogP contribution is 2.07. The van der Waals surface area contributed by atoms with Crippen LogP contribution in [0, 0.1) is 0 Å². The fraction of sp³-hybridized carbons (Fsp3) is 0.733. The number of rotatable bonds is 7. The predicted molar refractivity (Wildman–Crippen MR) is 78.5 cm³/mol. The summed E-state index contributed by atoms with van der Waals surface area (Å²) in [5.41, 5.74) is 0.638. The molecule has 0 aromatic rings. The number of hydrogen-bond donors (Lipinski definition) is 1. The average Bonchev–Trinajstić information content (AvgIpc) is 2.30. The molecule has 116 valence electrons. The highest BCUT2D eigenvalue weighted by atomic mass is 16.6. The molecule has 0 fully saturated rings. The molecule has 0 spiro atoms. The number of amides is 1. The molecule has 0 unspecified atom stereocenters. The Morgan fingerprint density at radius 1 is 1.20 bits per heavy atom. The lowest BCUT2D eigenvalue weighted by molar-refractivity contribution is -0.143. The molecule has 0 saturated heterocycles. The highest BCUT2D eigenvalue weighted by molar-refractivity contribution is 5.69. The van der Waals surface area contributed by atoms with E-state index in [1.807, 2.05) is 33.8 Å². The second kappa shape index (κ2) is 9.39. The summed E-state index contributed by atoms with van der Waals surface area (Å²) in [5.74, 6) is -0.174. The lowest BCUT2D eigenvalue weighted by Gasteiger charge is -2.19. The van der Waals surface area contributed by atoms with Crippen LogP contribution >= 0.6 is 0 Å². The minimum atomic E-state index is -0.477. The minimum absolute atomic E-state index is 0.174. The van der Waals surface area contributed by atoms with Gasteiger partial charge in [-0.2, -0.15) is 0 Å². The molecular formula is C15H27NO4. The lowest BCUT2D eigenvalue weighted by atomic mass is 10.1. The molecule has 0 aromatic heterocycles. The maximum atomic E-state index is 11.4. The number of carbonyl (C=O) groups excluding carboxylic acids is 2. The van der Waals surface area contributed by atoms with E-state index in [2.05, 4.69) is 5.32 Å². The molecule has 0 rings (SSSR count). The van der Waals surface area contributed by atoms with Crippen molar-refractivity contribution in [1.29, 1.82) is 0 Å². The summed E-state index contributed by atoms with van der Waals surface area (Å²) in [6, 6.07) is 0. The molecule has 0 atom stereocenters. The number of allylic oxidation sites excluding steroid dienone is 1. The molecule has 5 heteroatoms. The van der Waals surface area contributed by atoms with Gasteiger partial charge in [-0.3, -0.25) is 4.79 Å². The van der Waals surface area contributed by atoms with Gasteiger partial charge in [-0.25, -0.2) is 4.79 Å². The van der Waals surface area contributed by atoms with Gasteiger partial charge in [-0.15, -0.1) is 0 Å². The van der Waals surface area contributed by atoms with E-state index >= 15 is 0 Å². The van der Waals surface area contributed by atoms with Crippen molar-refractivity contribution in [3.8, 4) is 0 Å². The van der Waals surface area contributed by atoms with Crippen molar-refractivity contribution in [1.82, 2.24) is 5.32 Å². The number of nitrogens with one attached hydrogen (secondary N) is 1. The number of carbonyl (C=O) groups is 2. The van der Waals surface area contributed by atoms with Gasteiger partial charge in [0, 0.05) is 13.0 Å². The molecular weight excluding hydrogens is 258 g/mol. The molecule has 0 aliphatic heterocycles. The van der Waals surface area contributed by atoms with Gasteiger partial charge >= 0.3 is 12.1 Å². The SMILES string of the molecule is CCOC(=O)CC/C(C)=C/CCNC(=O)OC(C)(C)C. The Bertz CT molecular complexity index is 342. The summed E-state index contributed by atoms with van der Waals surface area (Å²) in [7, 11) is 0. The van der Waals surface area contributed by atoms with Gasteiger partial charge in [0.15, 0.2) is 0 Å². The molecule has 20 heavy (non-hydrogen) atoms. The standard InChI is InChI=1S/C15H27NO4/c1-6-19-13(17)10-9-12(2)8-7-11-16-14(18)20-15(3,4)5/h8H,6-7,9-11H2,1-5H3,(H,16,18)/b12-8+. The van der Waals surface area contributed by atoms with E-state index in [0.29, 0.717) is 32.4 Å². The molecule has 0 radical (unpaired) electrons. The molecule has 1 N–H and O–H groups in total. The molecule has 0 saturated carbocycles. The molecule has 0 heterocycles. The third-order valence-electron chi connectivity index (χ3n) is 2.33. The first kappa shape index (κ1) is 18.5. The van der Waals surface area contributed by atoms with Crippen molar-refractivity contribution in [3.05, 3.63) is 11.6 Å². The first-order chi connectivity index (χ1) is 9.24. The van der Waals surface area contributed by atoms with Crippen LogP contribution in [0.3, 0.4) is 0 Å². The normalized spacial score (nSPS) is 11.9. The zero-order valence-corrected chi connectivity index (χ0v) is 13.2. The van der Waals surface area contributed by atoms with E-state index in [4.69, 9.17) is 9.47 Å². The Balaban J connectivity index is 3.78. The van der Waals surface area contributed by atoms with Crippen LogP contribution in [0.1, 0.15) is 53.9 Å². The maximum Gasteiger partial charge on any atom is 0.407 e. The second-order valence-electron chi connectivity index (χ2n) is 5.57. The van der Waals surface area contributed by atoms with Crippen LogP contribution in [0.25, 0.3) is 0 Å². The number of ether oxygens (including phenoxy) is 2. The summed E-state index contributed by atoms with van der Waals surface area (Å²) in [6.45, 7) is 10.2. The van der Waals surface area contributed by atoms with Crippen LogP contribution < -0.4 is 5.32 Å². The number of alkyl carbamates (subject to hydrolysis) is 1. The third-order valence-corrected chi connectivity index (χ3v) is 2.33. The summed E-state index contributed by atoms with van der Waals surface area (Å²) < 4.78 is 9.97. The van der Waals surface area contributed by atoms with Crippen molar-refractivity contribution in [2.45, 2.75) is 59.5 Å². The van der Waals surface area contributed by atoms with Gasteiger partial charge < -0.3 is 14.8 Å². The largest absolute Gasteiger partial charge is 0.466 e. The Hall–Kier alpha value is -1.52. The topological polar surface area (TPSA) is 64.6 Å². The zero-order valence-electron chi connectivity index (χ0n) is 13.2. The third kappa shape index (κ3) is 11.6. The summed E-state index contributed by atoms with van der Waals surface area (Å²) in [6.07, 6.45) is 3.40. The molecule has 0 aromatic carbocycles. The summed E-state index contributed by atoms with van der Waals surface area (Å²) in [4.78, 5) is 22.6. The van der Waals surface area contributed by atoms with Gasteiger partial charge in [-0.1, -0.05) is 11.6 Å². The average molecular weight is 285 g/mol. The molecule has 5 nitrogen and oxygen atoms in total. The highest BCUT2D eigenvalue weighted by Gasteiger charge is 2.15. The van der Waals surface area contributed by atoms with Crippen LogP contribution in [-0.4, -0.2) is 30.8 Å². The van der Waals surface area contributed by atoms with E-state index in [0.717, 1.165) is 5.57 Å². The Labute approximate surface area is 121 Å². The first-order valence-electron chi connectivity index (χ1n) is 7.02. The summed E-state index contributed by atoms with van der Waals surface area (Å²) >= 11 is 0. The quantitative estimate of drug-likeness (QED) is 0.443. The fourth-order valence-corrected chi connectivity index (χ4v) is 1.44. The van der Waals surface area contributed by atoms with Crippen LogP contribution in [0.2, 0.25) is 0 Å². The maximum absolute atomic E-state index is 11.4. The van der Waals surface area contributed by atoms with Crippen molar-refractivity contribution < 1.29 is 19.1 Å². The smallest absolute Gasteiger partial charge is 0.407 e. The fourth-order valence-electron chi connectivity index (χ4n) is 1.44. The van der Waals surface area contributed by atoms with Crippen LogP contribution in [0.15, 0.2) is 11.6 Å². The van der Waals surface area contributed by atoms with Crippen molar-refractivity contribution in [2.24, 2.45) is 0 Å². The van der Waals surface area contributed by atoms with Gasteiger partial charge in [0.2, 0.25) is 0 Å². The van der Waals surface area contributed by atoms with E-state index < -0.39 is 11.7 Å². The predicted octanol–water partition coefficient (Wildman–Crippen LogP) is 3.19. The van der Waals surface area contributed by atoms with Gasteiger partial charge in [-0.05, 0) is 47.5 Å². The van der Waals surface area contributed by atoms with Crippen molar-refractivity contribution in [3.63, 3.8) is 0 Å². The van der Waals surface area contributed by atoms with Crippen LogP contribution in [0.4, 0.5) is 4.79 Å². The Kier molecular flexibility index (Phi) is 8.68. The van der Waals surface area contributed by atoms with E-state index in [9.17, 15) is 9.59 Å². The second-order valence-corrected chi connectivity index (χ2v) is 5.57. The van der Waals surface area contributed by atoms with Crippen molar-refractivity contribution in [2.75, 3.05) is 13.2 Å². The molecule has 0 aliphatic carbocycles. The van der Waals surface area contributed by atoms with Crippen LogP contribution in [-0.2, 0) is 14.3 Å². The monoisotopic (exact) mass is 285 g/mol. The minimum Gasteiger partial charge on any atom is -0.466 e. The van der Waals surface area contributed by atoms with Crippen LogP contribution in [0.5, 0.6) is 0 Å². The first-order valence-corrected chi connectivity index (χ1v) is 7.02. The van der Waals surface area contributed by atoms with Gasteiger partial charge in [0.25, 0.3) is 0 Å². The molecule has 0 bridgehead atoms. The number of hydrogen-bond acceptors (Lipinski definition) is 4.